The number of aromatic amines is 1. The van der Waals surface area contributed by atoms with Crippen LogP contribution in [0.2, 0.25) is 0 Å². The van der Waals surface area contributed by atoms with Crippen LogP contribution < -0.4 is 11.1 Å². The molecule has 0 spiro atoms. The summed E-state index contributed by atoms with van der Waals surface area (Å²) in [5, 5.41) is 8.98. The molecule has 3 heterocycles. The summed E-state index contributed by atoms with van der Waals surface area (Å²) in [4.78, 5) is 15.5. The molecular formula is C9H13N5O2. The fourth-order valence-electron chi connectivity index (χ4n) is 2.40. The minimum atomic E-state index is -0.273. The maximum Gasteiger partial charge on any atom is 0.288 e. The van der Waals surface area contributed by atoms with E-state index in [1.54, 1.807) is 0 Å². The molecule has 4 N–H and O–H groups in total. The van der Waals surface area contributed by atoms with Crippen molar-refractivity contribution < 1.29 is 9.53 Å². The number of amides is 1. The third-order valence-electron chi connectivity index (χ3n) is 3.14. The van der Waals surface area contributed by atoms with Gasteiger partial charge in [-0.1, -0.05) is 0 Å². The summed E-state index contributed by atoms with van der Waals surface area (Å²) in [6, 6.07) is 0.0950. The Bertz CT molecular complexity index is 418. The molecule has 2 saturated heterocycles. The van der Waals surface area contributed by atoms with Gasteiger partial charge < -0.3 is 15.8 Å². The van der Waals surface area contributed by atoms with Crippen LogP contribution in [0.25, 0.3) is 0 Å². The van der Waals surface area contributed by atoms with Crippen LogP contribution in [0.1, 0.15) is 29.9 Å². The monoisotopic (exact) mass is 223 g/mol. The van der Waals surface area contributed by atoms with Crippen molar-refractivity contribution in [3.8, 4) is 0 Å². The van der Waals surface area contributed by atoms with Gasteiger partial charge in [-0.05, 0) is 19.3 Å². The Balaban J connectivity index is 1.65. The van der Waals surface area contributed by atoms with Gasteiger partial charge in [-0.3, -0.25) is 9.89 Å². The molecule has 1 aromatic heterocycles. The molecule has 2 aliphatic rings. The van der Waals surface area contributed by atoms with Crippen LogP contribution in [-0.4, -0.2) is 39.3 Å². The van der Waals surface area contributed by atoms with Crippen molar-refractivity contribution in [3.63, 3.8) is 0 Å². The van der Waals surface area contributed by atoms with Crippen LogP contribution in [0, 0.1) is 0 Å². The SMILES string of the molecule is Nc1n[nH]c(C(=O)NC2CC3CCC2O3)n1. The van der Waals surface area contributed by atoms with E-state index < -0.39 is 0 Å². The number of hydrogen-bond acceptors (Lipinski definition) is 5. The van der Waals surface area contributed by atoms with E-state index >= 15 is 0 Å². The molecule has 0 radical (unpaired) electrons. The molecule has 2 bridgehead atoms. The van der Waals surface area contributed by atoms with Crippen LogP contribution in [0.3, 0.4) is 0 Å². The fourth-order valence-corrected chi connectivity index (χ4v) is 2.40. The smallest absolute Gasteiger partial charge is 0.288 e. The average Bonchev–Trinajstić information content (AvgIpc) is 2.92. The van der Waals surface area contributed by atoms with E-state index in [0.717, 1.165) is 19.3 Å². The molecular weight excluding hydrogens is 210 g/mol. The third kappa shape index (κ3) is 1.53. The number of nitrogens with zero attached hydrogens (tertiary/aromatic N) is 2. The molecule has 0 aliphatic carbocycles. The molecule has 0 saturated carbocycles. The van der Waals surface area contributed by atoms with Gasteiger partial charge in [0.15, 0.2) is 0 Å². The van der Waals surface area contributed by atoms with Gasteiger partial charge in [0.25, 0.3) is 5.91 Å². The number of aromatic nitrogens is 3. The first-order valence-electron chi connectivity index (χ1n) is 5.36. The molecule has 0 aromatic carbocycles. The van der Waals surface area contributed by atoms with E-state index in [1.165, 1.54) is 0 Å². The van der Waals surface area contributed by atoms with Gasteiger partial charge in [0, 0.05) is 0 Å². The normalized spacial score (nSPS) is 31.9. The second kappa shape index (κ2) is 3.44. The topological polar surface area (TPSA) is 106 Å². The zero-order valence-corrected chi connectivity index (χ0v) is 8.64. The molecule has 2 fully saturated rings. The van der Waals surface area contributed by atoms with Crippen molar-refractivity contribution in [1.82, 2.24) is 20.5 Å². The van der Waals surface area contributed by atoms with E-state index in [9.17, 15) is 4.79 Å². The number of carbonyl (C=O) groups is 1. The standard InChI is InChI=1S/C9H13N5O2/c10-9-12-7(13-14-9)8(15)11-5-3-4-1-2-6(5)16-4/h4-6H,1-3H2,(H,11,15)(H3,10,12,13,14). The number of H-pyrrole nitrogens is 1. The van der Waals surface area contributed by atoms with Crippen LogP contribution in [0.15, 0.2) is 0 Å². The second-order valence-corrected chi connectivity index (χ2v) is 4.23. The quantitative estimate of drug-likeness (QED) is 0.623. The lowest BCUT2D eigenvalue weighted by molar-refractivity contribution is 0.0834. The molecule has 16 heavy (non-hydrogen) atoms. The maximum atomic E-state index is 11.7. The minimum Gasteiger partial charge on any atom is -0.373 e. The third-order valence-corrected chi connectivity index (χ3v) is 3.14. The molecule has 7 nitrogen and oxygen atoms in total. The number of nitrogens with two attached hydrogens (primary N) is 1. The summed E-state index contributed by atoms with van der Waals surface area (Å²) in [6.07, 6.45) is 3.49. The van der Waals surface area contributed by atoms with Crippen molar-refractivity contribution >= 4 is 11.9 Å². The Hall–Kier alpha value is -1.63. The van der Waals surface area contributed by atoms with Gasteiger partial charge in [0.1, 0.15) is 0 Å². The second-order valence-electron chi connectivity index (χ2n) is 4.23. The van der Waals surface area contributed by atoms with Crippen molar-refractivity contribution in [2.45, 2.75) is 37.5 Å². The first kappa shape index (κ1) is 9.59. The van der Waals surface area contributed by atoms with Crippen LogP contribution in [-0.2, 0) is 4.74 Å². The number of rotatable bonds is 2. The summed E-state index contributed by atoms with van der Waals surface area (Å²) in [6.45, 7) is 0. The van der Waals surface area contributed by atoms with Gasteiger partial charge in [-0.2, -0.15) is 4.98 Å². The summed E-state index contributed by atoms with van der Waals surface area (Å²) in [5.74, 6) is -0.0417. The zero-order chi connectivity index (χ0) is 11.1. The first-order valence-corrected chi connectivity index (χ1v) is 5.36. The van der Waals surface area contributed by atoms with Gasteiger partial charge >= 0.3 is 0 Å². The molecule has 3 unspecified atom stereocenters. The number of hydrogen-bond donors (Lipinski definition) is 3. The lowest BCUT2D eigenvalue weighted by Gasteiger charge is -2.19. The Morgan fingerprint density at radius 2 is 2.44 bits per heavy atom. The number of nitrogens with one attached hydrogen (secondary N) is 2. The number of ether oxygens (including phenoxy) is 1. The summed E-state index contributed by atoms with van der Waals surface area (Å²) < 4.78 is 5.64. The highest BCUT2D eigenvalue weighted by molar-refractivity contribution is 5.90. The van der Waals surface area contributed by atoms with Crippen LogP contribution in [0.4, 0.5) is 5.95 Å². The highest BCUT2D eigenvalue weighted by Gasteiger charge is 2.41. The highest BCUT2D eigenvalue weighted by atomic mass is 16.5. The molecule has 1 aromatic rings. The number of carbonyl (C=O) groups excluding carboxylic acids is 1. The van der Waals surface area contributed by atoms with Crippen LogP contribution >= 0.6 is 0 Å². The van der Waals surface area contributed by atoms with E-state index in [2.05, 4.69) is 20.5 Å². The van der Waals surface area contributed by atoms with Gasteiger partial charge in [-0.25, -0.2) is 0 Å². The lowest BCUT2D eigenvalue weighted by atomic mass is 9.95. The van der Waals surface area contributed by atoms with E-state index in [1.807, 2.05) is 0 Å². The Morgan fingerprint density at radius 1 is 1.56 bits per heavy atom. The van der Waals surface area contributed by atoms with E-state index in [4.69, 9.17) is 10.5 Å². The Kier molecular flexibility index (Phi) is 2.06. The first-order chi connectivity index (χ1) is 7.72. The molecule has 3 rings (SSSR count). The van der Waals surface area contributed by atoms with Crippen molar-refractivity contribution in [2.24, 2.45) is 0 Å². The van der Waals surface area contributed by atoms with Gasteiger partial charge in [-0.15, -0.1) is 5.10 Å². The van der Waals surface area contributed by atoms with Crippen molar-refractivity contribution in [3.05, 3.63) is 5.82 Å². The molecule has 3 atom stereocenters. The average molecular weight is 223 g/mol. The van der Waals surface area contributed by atoms with Crippen molar-refractivity contribution in [1.29, 1.82) is 0 Å². The van der Waals surface area contributed by atoms with E-state index in [0.29, 0.717) is 6.10 Å². The predicted octanol–water partition coefficient (Wildman–Crippen LogP) is -0.563. The highest BCUT2D eigenvalue weighted by Crippen LogP contribution is 2.34. The Labute approximate surface area is 91.8 Å². The van der Waals surface area contributed by atoms with E-state index in [-0.39, 0.29) is 29.8 Å². The largest absolute Gasteiger partial charge is 0.373 e. The van der Waals surface area contributed by atoms with Crippen LogP contribution in [0.5, 0.6) is 0 Å². The van der Waals surface area contributed by atoms with Gasteiger partial charge in [0.05, 0.1) is 18.2 Å². The number of nitrogen functional groups attached to an aromatic ring is 1. The molecule has 86 valence electrons. The summed E-state index contributed by atoms with van der Waals surface area (Å²) >= 11 is 0. The summed E-state index contributed by atoms with van der Waals surface area (Å²) in [5.41, 5.74) is 5.33. The lowest BCUT2D eigenvalue weighted by Crippen LogP contribution is -2.41. The fraction of sp³-hybridized carbons (Fsp3) is 0.667. The molecule has 1 amide bonds. The minimum absolute atomic E-state index is 0.0781. The number of anilines is 1. The van der Waals surface area contributed by atoms with Crippen molar-refractivity contribution in [2.75, 3.05) is 5.73 Å². The zero-order valence-electron chi connectivity index (χ0n) is 8.64. The van der Waals surface area contributed by atoms with Gasteiger partial charge in [0.2, 0.25) is 11.8 Å². The summed E-state index contributed by atoms with van der Waals surface area (Å²) in [7, 11) is 0. The molecule has 7 heteroatoms. The maximum absolute atomic E-state index is 11.7. The molecule has 2 aliphatic heterocycles. The Morgan fingerprint density at radius 3 is 3.00 bits per heavy atom. The number of fused-ring (bicyclic) bond motifs is 2. The predicted molar refractivity (Wildman–Crippen MR) is 54.6 cm³/mol.